The van der Waals surface area contributed by atoms with Gasteiger partial charge in [-0.2, -0.15) is 5.10 Å². The number of nitrogens with one attached hydrogen (secondary N) is 1. The van der Waals surface area contributed by atoms with Crippen LogP contribution in [0.1, 0.15) is 24.8 Å². The quantitative estimate of drug-likeness (QED) is 0.678. The monoisotopic (exact) mass is 347 g/mol. The van der Waals surface area contributed by atoms with Gasteiger partial charge in [-0.15, -0.1) is 0 Å². The van der Waals surface area contributed by atoms with Crippen molar-refractivity contribution in [3.8, 4) is 0 Å². The van der Waals surface area contributed by atoms with Crippen molar-refractivity contribution >= 4 is 23.5 Å². The molecule has 0 aromatic heterocycles. The molecule has 1 aliphatic heterocycles. The smallest absolute Gasteiger partial charge is 0.330 e. The van der Waals surface area contributed by atoms with E-state index in [0.717, 1.165) is 18.4 Å². The average Bonchev–Trinajstić information content (AvgIpc) is 3.14. The molecule has 2 N–H and O–H groups in total. The zero-order valence-corrected chi connectivity index (χ0v) is 14.0. The van der Waals surface area contributed by atoms with Crippen LogP contribution in [0.25, 0.3) is 0 Å². The Morgan fingerprint density at radius 1 is 1.28 bits per heavy atom. The number of esters is 1. The minimum atomic E-state index is -1.12. The van der Waals surface area contributed by atoms with E-state index in [4.69, 9.17) is 5.11 Å². The number of amides is 2. The van der Waals surface area contributed by atoms with Crippen molar-refractivity contribution in [2.45, 2.75) is 25.3 Å². The van der Waals surface area contributed by atoms with Crippen LogP contribution in [0, 0.1) is 0 Å². The molecule has 1 heterocycles. The number of benzene rings is 1. The second-order valence-electron chi connectivity index (χ2n) is 5.51. The first-order chi connectivity index (χ1) is 12.0. The van der Waals surface area contributed by atoms with Gasteiger partial charge in [0.2, 0.25) is 11.8 Å². The standard InChI is InChI=1S/C17H21N3O5/c1-25-17(24)14(11-21)18-15(22)7-8-16(23)20-10-9-13(19-20)12-5-3-2-4-6-12/h2-6,14,21H,7-11H2,1H3,(H,18,22)/t14-/m1/s1. The summed E-state index contributed by atoms with van der Waals surface area (Å²) in [7, 11) is 1.16. The van der Waals surface area contributed by atoms with Crippen LogP contribution in [-0.2, 0) is 19.1 Å². The van der Waals surface area contributed by atoms with E-state index in [9.17, 15) is 14.4 Å². The fourth-order valence-corrected chi connectivity index (χ4v) is 2.41. The largest absolute Gasteiger partial charge is 0.467 e. The fourth-order valence-electron chi connectivity index (χ4n) is 2.41. The normalized spacial score (nSPS) is 14.6. The van der Waals surface area contributed by atoms with Crippen molar-refractivity contribution in [3.63, 3.8) is 0 Å². The molecule has 0 bridgehead atoms. The van der Waals surface area contributed by atoms with Crippen molar-refractivity contribution in [3.05, 3.63) is 35.9 Å². The van der Waals surface area contributed by atoms with E-state index >= 15 is 0 Å². The molecule has 25 heavy (non-hydrogen) atoms. The van der Waals surface area contributed by atoms with Gasteiger partial charge in [-0.3, -0.25) is 9.59 Å². The molecule has 8 heteroatoms. The molecule has 8 nitrogen and oxygen atoms in total. The van der Waals surface area contributed by atoms with E-state index in [1.54, 1.807) is 0 Å². The number of ether oxygens (including phenoxy) is 1. The third-order valence-electron chi connectivity index (χ3n) is 3.77. The zero-order chi connectivity index (χ0) is 18.2. The summed E-state index contributed by atoms with van der Waals surface area (Å²) in [6.07, 6.45) is 0.534. The molecule has 1 aromatic rings. The lowest BCUT2D eigenvalue weighted by molar-refractivity contribution is -0.146. The van der Waals surface area contributed by atoms with Crippen LogP contribution in [0.15, 0.2) is 35.4 Å². The van der Waals surface area contributed by atoms with Gasteiger partial charge in [-0.1, -0.05) is 30.3 Å². The maximum Gasteiger partial charge on any atom is 0.330 e. The van der Waals surface area contributed by atoms with Crippen LogP contribution in [0.3, 0.4) is 0 Å². The number of carbonyl (C=O) groups excluding carboxylic acids is 3. The lowest BCUT2D eigenvalue weighted by Gasteiger charge is -2.14. The van der Waals surface area contributed by atoms with Crippen LogP contribution in [0.2, 0.25) is 0 Å². The average molecular weight is 347 g/mol. The van der Waals surface area contributed by atoms with Gasteiger partial charge in [-0.05, 0) is 5.56 Å². The number of nitrogens with zero attached hydrogens (tertiary/aromatic N) is 2. The fraction of sp³-hybridized carbons (Fsp3) is 0.412. The van der Waals surface area contributed by atoms with Gasteiger partial charge in [-0.25, -0.2) is 9.80 Å². The number of rotatable bonds is 7. The topological polar surface area (TPSA) is 108 Å². The van der Waals surface area contributed by atoms with Gasteiger partial charge in [0.25, 0.3) is 0 Å². The number of aliphatic hydroxyl groups is 1. The summed E-state index contributed by atoms with van der Waals surface area (Å²) >= 11 is 0. The maximum absolute atomic E-state index is 12.2. The Bertz CT molecular complexity index is 660. The Kier molecular flexibility index (Phi) is 6.64. The molecular formula is C17H21N3O5. The molecule has 2 rings (SSSR count). The first-order valence-corrected chi connectivity index (χ1v) is 7.96. The summed E-state index contributed by atoms with van der Waals surface area (Å²) in [5, 5.41) is 17.1. The van der Waals surface area contributed by atoms with E-state index in [0.29, 0.717) is 13.0 Å². The van der Waals surface area contributed by atoms with Gasteiger partial charge >= 0.3 is 5.97 Å². The van der Waals surface area contributed by atoms with Crippen LogP contribution in [0.4, 0.5) is 0 Å². The number of hydrazone groups is 1. The maximum atomic E-state index is 12.2. The lowest BCUT2D eigenvalue weighted by Crippen LogP contribution is -2.44. The summed E-state index contributed by atoms with van der Waals surface area (Å²) in [6.45, 7) is -0.0880. The Morgan fingerprint density at radius 2 is 2.00 bits per heavy atom. The molecule has 1 atom stereocenters. The predicted molar refractivity (Wildman–Crippen MR) is 89.6 cm³/mol. The minimum Gasteiger partial charge on any atom is -0.467 e. The van der Waals surface area contributed by atoms with Crippen molar-refractivity contribution in [2.75, 3.05) is 20.3 Å². The summed E-state index contributed by atoms with van der Waals surface area (Å²) in [6, 6.07) is 8.47. The third kappa shape index (κ3) is 5.12. The molecule has 0 saturated carbocycles. The first kappa shape index (κ1) is 18.6. The van der Waals surface area contributed by atoms with E-state index < -0.39 is 24.5 Å². The van der Waals surface area contributed by atoms with E-state index in [1.165, 1.54) is 5.01 Å². The van der Waals surface area contributed by atoms with Crippen LogP contribution in [-0.4, -0.2) is 59.9 Å². The van der Waals surface area contributed by atoms with E-state index in [1.807, 2.05) is 30.3 Å². The van der Waals surface area contributed by atoms with Crippen LogP contribution < -0.4 is 5.32 Å². The molecule has 1 aromatic carbocycles. The highest BCUT2D eigenvalue weighted by atomic mass is 16.5. The first-order valence-electron chi connectivity index (χ1n) is 7.96. The Balaban J connectivity index is 1.83. The molecule has 0 spiro atoms. The number of carbonyl (C=O) groups is 3. The van der Waals surface area contributed by atoms with Gasteiger partial charge < -0.3 is 15.2 Å². The number of methoxy groups -OCH3 is 1. The summed E-state index contributed by atoms with van der Waals surface area (Å²) < 4.78 is 4.46. The zero-order valence-electron chi connectivity index (χ0n) is 14.0. The Morgan fingerprint density at radius 3 is 2.64 bits per heavy atom. The summed E-state index contributed by atoms with van der Waals surface area (Å²) in [4.78, 5) is 35.3. The van der Waals surface area contributed by atoms with Crippen molar-refractivity contribution in [2.24, 2.45) is 5.10 Å². The number of aliphatic hydroxyl groups excluding tert-OH is 1. The molecule has 0 radical (unpaired) electrons. The molecule has 0 saturated heterocycles. The summed E-state index contributed by atoms with van der Waals surface area (Å²) in [5.74, 6) is -1.51. The van der Waals surface area contributed by atoms with Gasteiger partial charge in [0.05, 0.1) is 26.0 Å². The van der Waals surface area contributed by atoms with Crippen molar-refractivity contribution in [1.82, 2.24) is 10.3 Å². The lowest BCUT2D eigenvalue weighted by atomic mass is 10.1. The second kappa shape index (κ2) is 8.93. The molecule has 0 unspecified atom stereocenters. The number of hydrogen-bond donors (Lipinski definition) is 2. The molecule has 0 aliphatic carbocycles. The van der Waals surface area contributed by atoms with Gasteiger partial charge in [0.1, 0.15) is 0 Å². The highest BCUT2D eigenvalue weighted by Gasteiger charge is 2.24. The van der Waals surface area contributed by atoms with Crippen molar-refractivity contribution in [1.29, 1.82) is 0 Å². The summed E-state index contributed by atoms with van der Waals surface area (Å²) in [5.41, 5.74) is 1.81. The van der Waals surface area contributed by atoms with Crippen LogP contribution in [0.5, 0.6) is 0 Å². The van der Waals surface area contributed by atoms with Crippen LogP contribution >= 0.6 is 0 Å². The molecule has 134 valence electrons. The van der Waals surface area contributed by atoms with E-state index in [-0.39, 0.29) is 18.7 Å². The molecular weight excluding hydrogens is 326 g/mol. The minimum absolute atomic E-state index is 0.0310. The predicted octanol–water partition coefficient (Wildman–Crippen LogP) is 0.0533. The second-order valence-corrected chi connectivity index (χ2v) is 5.51. The molecule has 0 fully saturated rings. The van der Waals surface area contributed by atoms with E-state index in [2.05, 4.69) is 15.2 Å². The number of hydrogen-bond acceptors (Lipinski definition) is 6. The highest BCUT2D eigenvalue weighted by Crippen LogP contribution is 2.14. The van der Waals surface area contributed by atoms with Gasteiger partial charge in [0.15, 0.2) is 6.04 Å². The molecule has 2 amide bonds. The van der Waals surface area contributed by atoms with Gasteiger partial charge in [0, 0.05) is 19.3 Å². The highest BCUT2D eigenvalue weighted by molar-refractivity contribution is 6.02. The Hall–Kier alpha value is -2.74. The Labute approximate surface area is 145 Å². The third-order valence-corrected chi connectivity index (χ3v) is 3.77. The van der Waals surface area contributed by atoms with Crippen molar-refractivity contribution < 1.29 is 24.2 Å². The SMILES string of the molecule is COC(=O)[C@@H](CO)NC(=O)CCC(=O)N1CCC(c2ccccc2)=N1. The molecule has 1 aliphatic rings.